The Morgan fingerprint density at radius 3 is 2.65 bits per heavy atom. The second-order valence-corrected chi connectivity index (χ2v) is 9.67. The van der Waals surface area contributed by atoms with E-state index >= 15 is 0 Å². The van der Waals surface area contributed by atoms with Crippen molar-refractivity contribution in [2.24, 2.45) is 0 Å². The number of ether oxygens (including phenoxy) is 1. The van der Waals surface area contributed by atoms with Gasteiger partial charge < -0.3 is 15.6 Å². The lowest BCUT2D eigenvalue weighted by atomic mass is 9.78. The molecule has 1 amide bonds. The lowest BCUT2D eigenvalue weighted by Crippen LogP contribution is -2.43. The highest BCUT2D eigenvalue weighted by Gasteiger charge is 2.35. The first-order valence-electron chi connectivity index (χ1n) is 11.4. The highest BCUT2D eigenvalue weighted by Crippen LogP contribution is 2.35. The highest BCUT2D eigenvalue weighted by atomic mass is 19.4. The number of aromatic nitrogens is 3. The van der Waals surface area contributed by atoms with E-state index in [1.165, 1.54) is 0 Å². The van der Waals surface area contributed by atoms with E-state index in [1.807, 2.05) is 18.3 Å². The van der Waals surface area contributed by atoms with Crippen molar-refractivity contribution in [1.82, 2.24) is 20.3 Å². The van der Waals surface area contributed by atoms with Gasteiger partial charge in [-0.15, -0.1) is 13.2 Å². The number of nitrogens with one attached hydrogen (secondary N) is 3. The van der Waals surface area contributed by atoms with Crippen LogP contribution in [0.3, 0.4) is 0 Å². The number of amides is 1. The monoisotopic (exact) mass is 473 g/mol. The molecule has 7 nitrogen and oxygen atoms in total. The fourth-order valence-corrected chi connectivity index (χ4v) is 4.87. The Hall–Kier alpha value is -3.14. The number of aromatic amines is 1. The van der Waals surface area contributed by atoms with E-state index in [0.29, 0.717) is 49.4 Å². The predicted molar refractivity (Wildman–Crippen MR) is 121 cm³/mol. The number of carbonyl (C=O) groups is 1. The zero-order valence-electron chi connectivity index (χ0n) is 18.9. The Balaban J connectivity index is 1.33. The van der Waals surface area contributed by atoms with Crippen LogP contribution in [0.25, 0.3) is 22.2 Å². The summed E-state index contributed by atoms with van der Waals surface area (Å²) in [6, 6.07) is 5.84. The summed E-state index contributed by atoms with van der Waals surface area (Å²) in [7, 11) is 0. The molecule has 1 fully saturated rings. The Morgan fingerprint density at radius 1 is 1.15 bits per heavy atom. The van der Waals surface area contributed by atoms with Gasteiger partial charge in [-0.1, -0.05) is 19.9 Å². The summed E-state index contributed by atoms with van der Waals surface area (Å²) in [5.41, 5.74) is 4.10. The van der Waals surface area contributed by atoms with Gasteiger partial charge in [0.1, 0.15) is 5.65 Å². The summed E-state index contributed by atoms with van der Waals surface area (Å²) in [6.45, 7) is 4.79. The molecule has 0 bridgehead atoms. The Labute approximate surface area is 194 Å². The second kappa shape index (κ2) is 8.26. The maximum atomic E-state index is 12.4. The van der Waals surface area contributed by atoms with Gasteiger partial charge in [0.25, 0.3) is 5.91 Å². The van der Waals surface area contributed by atoms with Gasteiger partial charge in [0.15, 0.2) is 0 Å². The predicted octanol–water partition coefficient (Wildman–Crippen LogP) is 4.91. The summed E-state index contributed by atoms with van der Waals surface area (Å²) in [5, 5.41) is 7.03. The number of benzene rings is 1. The lowest BCUT2D eigenvalue weighted by molar-refractivity contribution is -0.345. The van der Waals surface area contributed by atoms with Crippen LogP contribution in [0.15, 0.2) is 30.6 Å². The van der Waals surface area contributed by atoms with E-state index in [1.54, 1.807) is 6.20 Å². The molecule has 3 aromatic rings. The van der Waals surface area contributed by atoms with Crippen LogP contribution < -0.4 is 10.6 Å². The van der Waals surface area contributed by atoms with Crippen LogP contribution in [0.1, 0.15) is 55.5 Å². The molecule has 5 rings (SSSR count). The summed E-state index contributed by atoms with van der Waals surface area (Å²) in [6.07, 6.45) is 0.00208. The number of alkyl halides is 3. The molecular formula is C24H26F3N5O2. The van der Waals surface area contributed by atoms with Gasteiger partial charge in [-0.3, -0.25) is 9.53 Å². The SMILES string of the molecule is CC1(C)CNC(=O)c2ccc(-c3c[nH]c4nc(N[C@H]5CC[C@@H](OC(F)(F)F)CC5)ncc34)cc21. The van der Waals surface area contributed by atoms with Crippen LogP contribution in [-0.2, 0) is 10.2 Å². The molecule has 1 aromatic carbocycles. The van der Waals surface area contributed by atoms with Crippen LogP contribution in [0, 0.1) is 0 Å². The minimum atomic E-state index is -4.59. The van der Waals surface area contributed by atoms with Crippen molar-refractivity contribution in [1.29, 1.82) is 0 Å². The van der Waals surface area contributed by atoms with Crippen molar-refractivity contribution in [2.75, 3.05) is 11.9 Å². The fourth-order valence-electron chi connectivity index (χ4n) is 4.87. The van der Waals surface area contributed by atoms with Crippen molar-refractivity contribution in [3.8, 4) is 11.1 Å². The quantitative estimate of drug-likeness (QED) is 0.501. The Bertz CT molecular complexity index is 1230. The average Bonchev–Trinajstić information content (AvgIpc) is 3.20. The van der Waals surface area contributed by atoms with Crippen LogP contribution >= 0.6 is 0 Å². The maximum Gasteiger partial charge on any atom is 0.522 e. The molecule has 0 unspecified atom stereocenters. The molecule has 2 aromatic heterocycles. The number of H-pyrrole nitrogens is 1. The van der Waals surface area contributed by atoms with Crippen LogP contribution in [0.4, 0.5) is 19.1 Å². The highest BCUT2D eigenvalue weighted by molar-refractivity contribution is 5.99. The third kappa shape index (κ3) is 4.46. The third-order valence-electron chi connectivity index (χ3n) is 6.74. The van der Waals surface area contributed by atoms with E-state index in [4.69, 9.17) is 0 Å². The first kappa shape index (κ1) is 22.6. The summed E-state index contributed by atoms with van der Waals surface area (Å²) in [5.74, 6) is 0.377. The molecule has 34 heavy (non-hydrogen) atoms. The molecule has 1 saturated carbocycles. The van der Waals surface area contributed by atoms with E-state index in [0.717, 1.165) is 22.1 Å². The molecule has 2 aliphatic rings. The van der Waals surface area contributed by atoms with E-state index in [9.17, 15) is 18.0 Å². The molecule has 3 N–H and O–H groups in total. The van der Waals surface area contributed by atoms with E-state index in [-0.39, 0.29) is 17.4 Å². The lowest BCUT2D eigenvalue weighted by Gasteiger charge is -2.32. The van der Waals surface area contributed by atoms with Crippen LogP contribution in [0.5, 0.6) is 0 Å². The van der Waals surface area contributed by atoms with E-state index in [2.05, 4.69) is 50.2 Å². The molecular weight excluding hydrogens is 447 g/mol. The van der Waals surface area contributed by atoms with Gasteiger partial charge >= 0.3 is 6.36 Å². The summed E-state index contributed by atoms with van der Waals surface area (Å²) < 4.78 is 41.4. The number of hydrogen-bond acceptors (Lipinski definition) is 5. The van der Waals surface area contributed by atoms with Crippen molar-refractivity contribution >= 4 is 22.9 Å². The minimum absolute atomic E-state index is 0.00556. The molecule has 0 radical (unpaired) electrons. The fraction of sp³-hybridized carbons (Fsp3) is 0.458. The smallest absolute Gasteiger partial charge is 0.351 e. The normalized spacial score (nSPS) is 22.3. The van der Waals surface area contributed by atoms with Crippen molar-refractivity contribution < 1.29 is 22.7 Å². The molecule has 0 atom stereocenters. The number of hydrogen-bond donors (Lipinski definition) is 3. The molecule has 1 aliphatic heterocycles. The number of carbonyl (C=O) groups excluding carboxylic acids is 1. The molecule has 3 heterocycles. The van der Waals surface area contributed by atoms with Crippen molar-refractivity contribution in [3.05, 3.63) is 41.7 Å². The van der Waals surface area contributed by atoms with Crippen molar-refractivity contribution in [2.45, 2.75) is 63.5 Å². The van der Waals surface area contributed by atoms with Crippen molar-refractivity contribution in [3.63, 3.8) is 0 Å². The maximum absolute atomic E-state index is 12.4. The summed E-state index contributed by atoms with van der Waals surface area (Å²) >= 11 is 0. The number of rotatable bonds is 4. The second-order valence-electron chi connectivity index (χ2n) is 9.67. The van der Waals surface area contributed by atoms with Gasteiger partial charge in [-0.25, -0.2) is 4.98 Å². The van der Waals surface area contributed by atoms with Gasteiger partial charge in [0.05, 0.1) is 6.10 Å². The topological polar surface area (TPSA) is 91.9 Å². The number of nitrogens with zero attached hydrogens (tertiary/aromatic N) is 2. The van der Waals surface area contributed by atoms with Crippen LogP contribution in [-0.4, -0.2) is 45.9 Å². The zero-order valence-corrected chi connectivity index (χ0v) is 18.9. The number of fused-ring (bicyclic) bond motifs is 2. The zero-order chi connectivity index (χ0) is 24.1. The Morgan fingerprint density at radius 2 is 1.91 bits per heavy atom. The van der Waals surface area contributed by atoms with Gasteiger partial charge in [-0.2, -0.15) is 4.98 Å². The van der Waals surface area contributed by atoms with Crippen LogP contribution in [0.2, 0.25) is 0 Å². The number of halogens is 3. The van der Waals surface area contributed by atoms with E-state index < -0.39 is 12.5 Å². The minimum Gasteiger partial charge on any atom is -0.351 e. The molecule has 180 valence electrons. The first-order chi connectivity index (χ1) is 16.1. The molecule has 1 aliphatic carbocycles. The first-order valence-corrected chi connectivity index (χ1v) is 11.4. The van der Waals surface area contributed by atoms with Gasteiger partial charge in [0.2, 0.25) is 5.95 Å². The average molecular weight is 473 g/mol. The van der Waals surface area contributed by atoms with Gasteiger partial charge in [-0.05, 0) is 48.9 Å². The third-order valence-corrected chi connectivity index (χ3v) is 6.74. The molecule has 10 heteroatoms. The molecule has 0 saturated heterocycles. The summed E-state index contributed by atoms with van der Waals surface area (Å²) in [4.78, 5) is 24.5. The number of anilines is 1. The largest absolute Gasteiger partial charge is 0.522 e. The molecule has 0 spiro atoms. The standard InChI is InChI=1S/C24H26F3N5O2/c1-23(2)12-30-21(33)16-8-3-13(9-19(16)23)17-10-28-20-18(17)11-29-22(32-20)31-14-4-6-15(7-5-14)34-24(25,26)27/h3,8-11,14-15H,4-7,12H2,1-2H3,(H,30,33)(H2,28,29,31,32)/t14-,15+. The Kier molecular flexibility index (Phi) is 5.50. The van der Waals surface area contributed by atoms with Gasteiger partial charge in [0, 0.05) is 46.9 Å².